The van der Waals surface area contributed by atoms with Crippen molar-refractivity contribution in [2.45, 2.75) is 88.3 Å². The second-order valence-corrected chi connectivity index (χ2v) is 14.7. The Morgan fingerprint density at radius 2 is 1.96 bits per heavy atom. The van der Waals surface area contributed by atoms with Crippen molar-refractivity contribution in [1.82, 2.24) is 9.55 Å². The number of ether oxygens (including phenoxy) is 2. The molecule has 156 valence electrons. The monoisotopic (exact) mass is 410 g/mol. The van der Waals surface area contributed by atoms with Crippen LogP contribution < -0.4 is 11.2 Å². The van der Waals surface area contributed by atoms with E-state index in [4.69, 9.17) is 13.9 Å². The fraction of sp³-hybridized carbons (Fsp3) is 0.789. The van der Waals surface area contributed by atoms with E-state index in [9.17, 15) is 14.7 Å². The standard InChI is InChI=1S/C19H30N2O6Si/c1-11-9-21(16(23)20-14(11)22)15-12-13(27-28(5,6)17(2,3)4)19(26-15,10-25-12)18(24)7-8-18/h9,12-13,15,24H,7-8,10H2,1-6H3,(H,20,22,23)/t12?,13-,15-,19+/m1/s1. The van der Waals surface area contributed by atoms with E-state index in [1.54, 1.807) is 6.92 Å². The van der Waals surface area contributed by atoms with Crippen LogP contribution in [0.15, 0.2) is 15.8 Å². The SMILES string of the molecule is Cc1cn([C@@H]2O[C@@]3(C4(O)CC4)COC2[C@H]3O[Si](C)(C)C(C)(C)C)c(=O)[nH]c1=O. The van der Waals surface area contributed by atoms with Crippen LogP contribution >= 0.6 is 0 Å². The van der Waals surface area contributed by atoms with Crippen molar-refractivity contribution in [2.24, 2.45) is 0 Å². The number of aromatic amines is 1. The summed E-state index contributed by atoms with van der Waals surface area (Å²) in [6.45, 7) is 12.6. The second-order valence-electron chi connectivity index (χ2n) is 9.98. The van der Waals surface area contributed by atoms with Crippen LogP contribution in [-0.4, -0.2) is 53.0 Å². The molecule has 2 saturated heterocycles. The molecule has 0 radical (unpaired) electrons. The fourth-order valence-corrected chi connectivity index (χ4v) is 5.28. The van der Waals surface area contributed by atoms with Crippen LogP contribution in [0.4, 0.5) is 0 Å². The zero-order valence-electron chi connectivity index (χ0n) is 17.4. The molecule has 0 spiro atoms. The fourth-order valence-electron chi connectivity index (χ4n) is 3.97. The van der Waals surface area contributed by atoms with Crippen molar-refractivity contribution in [1.29, 1.82) is 0 Å². The van der Waals surface area contributed by atoms with Crippen LogP contribution in [0.3, 0.4) is 0 Å². The minimum Gasteiger partial charge on any atom is -0.408 e. The van der Waals surface area contributed by atoms with Gasteiger partial charge < -0.3 is 19.0 Å². The number of hydrogen-bond donors (Lipinski definition) is 2. The number of fused-ring (bicyclic) bond motifs is 2. The van der Waals surface area contributed by atoms with Crippen molar-refractivity contribution in [2.75, 3.05) is 6.61 Å². The topological polar surface area (TPSA) is 103 Å². The number of hydrogen-bond acceptors (Lipinski definition) is 6. The number of nitrogens with one attached hydrogen (secondary N) is 1. The molecule has 2 aliphatic heterocycles. The summed E-state index contributed by atoms with van der Waals surface area (Å²) in [7, 11) is -2.19. The molecule has 1 aromatic rings. The summed E-state index contributed by atoms with van der Waals surface area (Å²) in [6, 6.07) is 0. The van der Waals surface area contributed by atoms with E-state index in [0.29, 0.717) is 18.4 Å². The summed E-state index contributed by atoms with van der Waals surface area (Å²) in [4.78, 5) is 26.5. The third-order valence-electron chi connectivity index (χ3n) is 7.02. The Balaban J connectivity index is 1.76. The van der Waals surface area contributed by atoms with E-state index in [-0.39, 0.29) is 11.6 Å². The molecule has 3 aliphatic rings. The summed E-state index contributed by atoms with van der Waals surface area (Å²) >= 11 is 0. The van der Waals surface area contributed by atoms with Gasteiger partial charge in [-0.25, -0.2) is 4.79 Å². The van der Waals surface area contributed by atoms with Crippen molar-refractivity contribution in [3.05, 3.63) is 32.6 Å². The van der Waals surface area contributed by atoms with Gasteiger partial charge in [0.15, 0.2) is 20.1 Å². The average Bonchev–Trinajstić information content (AvgIpc) is 3.15. The van der Waals surface area contributed by atoms with E-state index in [1.165, 1.54) is 10.8 Å². The number of aliphatic hydroxyl groups is 1. The highest BCUT2D eigenvalue weighted by atomic mass is 28.4. The van der Waals surface area contributed by atoms with Gasteiger partial charge in [-0.2, -0.15) is 0 Å². The van der Waals surface area contributed by atoms with Gasteiger partial charge in [0.2, 0.25) is 0 Å². The molecule has 8 nitrogen and oxygen atoms in total. The first-order valence-corrected chi connectivity index (χ1v) is 12.7. The van der Waals surface area contributed by atoms with Gasteiger partial charge in [0.05, 0.1) is 12.2 Å². The van der Waals surface area contributed by atoms with Gasteiger partial charge in [0.1, 0.15) is 12.2 Å². The van der Waals surface area contributed by atoms with Crippen LogP contribution in [0.25, 0.3) is 0 Å². The van der Waals surface area contributed by atoms with E-state index >= 15 is 0 Å². The van der Waals surface area contributed by atoms with Crippen LogP contribution in [0.1, 0.15) is 45.4 Å². The van der Waals surface area contributed by atoms with Crippen molar-refractivity contribution >= 4 is 8.32 Å². The summed E-state index contributed by atoms with van der Waals surface area (Å²) in [5, 5.41) is 11.1. The largest absolute Gasteiger partial charge is 0.408 e. The first kappa shape index (κ1) is 20.0. The van der Waals surface area contributed by atoms with Crippen LogP contribution in [0.5, 0.6) is 0 Å². The molecule has 4 atom stereocenters. The lowest BCUT2D eigenvalue weighted by Crippen LogP contribution is -2.57. The van der Waals surface area contributed by atoms with Gasteiger partial charge in [0, 0.05) is 11.8 Å². The molecule has 2 bridgehead atoms. The molecular formula is C19H30N2O6Si. The Labute approximate surface area is 164 Å². The lowest BCUT2D eigenvalue weighted by molar-refractivity contribution is -0.218. The first-order valence-electron chi connectivity index (χ1n) is 9.83. The van der Waals surface area contributed by atoms with Gasteiger partial charge in [0.25, 0.3) is 5.56 Å². The van der Waals surface area contributed by atoms with Crippen molar-refractivity contribution in [3.63, 3.8) is 0 Å². The predicted molar refractivity (Wildman–Crippen MR) is 105 cm³/mol. The minimum atomic E-state index is -2.19. The van der Waals surface area contributed by atoms with Crippen molar-refractivity contribution in [3.8, 4) is 0 Å². The van der Waals surface area contributed by atoms with Gasteiger partial charge in [-0.1, -0.05) is 20.8 Å². The quantitative estimate of drug-likeness (QED) is 0.728. The van der Waals surface area contributed by atoms with Crippen molar-refractivity contribution < 1.29 is 19.0 Å². The van der Waals surface area contributed by atoms with Crippen LogP contribution in [0, 0.1) is 6.92 Å². The Kier molecular flexibility index (Phi) is 4.21. The molecule has 28 heavy (non-hydrogen) atoms. The number of nitrogens with zero attached hydrogens (tertiary/aromatic N) is 1. The smallest absolute Gasteiger partial charge is 0.330 e. The number of aromatic nitrogens is 2. The average molecular weight is 411 g/mol. The molecule has 1 saturated carbocycles. The molecule has 1 aromatic heterocycles. The lowest BCUT2D eigenvalue weighted by Gasteiger charge is -2.42. The highest BCUT2D eigenvalue weighted by Gasteiger charge is 2.75. The molecule has 3 heterocycles. The highest BCUT2D eigenvalue weighted by Crippen LogP contribution is 2.60. The number of rotatable bonds is 4. The molecule has 1 unspecified atom stereocenters. The normalized spacial score (nSPS) is 34.0. The third-order valence-corrected chi connectivity index (χ3v) is 11.5. The summed E-state index contributed by atoms with van der Waals surface area (Å²) in [6.07, 6.45) is 0.978. The summed E-state index contributed by atoms with van der Waals surface area (Å²) in [5.41, 5.74) is -2.58. The van der Waals surface area contributed by atoms with E-state index in [1.807, 2.05) is 0 Å². The summed E-state index contributed by atoms with van der Waals surface area (Å²) < 4.78 is 20.5. The maximum atomic E-state index is 12.5. The molecule has 9 heteroatoms. The Hall–Kier alpha value is -1.26. The highest BCUT2D eigenvalue weighted by molar-refractivity contribution is 6.74. The first-order chi connectivity index (χ1) is 12.8. The predicted octanol–water partition coefficient (Wildman–Crippen LogP) is 1.43. The minimum absolute atomic E-state index is 0.0245. The molecule has 2 N–H and O–H groups in total. The van der Waals surface area contributed by atoms with Gasteiger partial charge in [-0.15, -0.1) is 0 Å². The zero-order valence-corrected chi connectivity index (χ0v) is 18.4. The van der Waals surface area contributed by atoms with Crippen LogP contribution in [0.2, 0.25) is 18.1 Å². The summed E-state index contributed by atoms with van der Waals surface area (Å²) in [5.74, 6) is 0. The molecule has 0 aromatic carbocycles. The van der Waals surface area contributed by atoms with E-state index in [0.717, 1.165) is 0 Å². The second kappa shape index (κ2) is 5.88. The van der Waals surface area contributed by atoms with Gasteiger partial charge in [-0.05, 0) is 37.9 Å². The van der Waals surface area contributed by atoms with Gasteiger partial charge in [-0.3, -0.25) is 14.3 Å². The molecular weight excluding hydrogens is 380 g/mol. The lowest BCUT2D eigenvalue weighted by atomic mass is 9.90. The molecule has 3 fully saturated rings. The Bertz CT molecular complexity index is 912. The van der Waals surface area contributed by atoms with Gasteiger partial charge >= 0.3 is 5.69 Å². The maximum absolute atomic E-state index is 12.5. The maximum Gasteiger partial charge on any atom is 0.330 e. The zero-order chi connectivity index (χ0) is 20.7. The van der Waals surface area contributed by atoms with Crippen LogP contribution in [-0.2, 0) is 13.9 Å². The van der Waals surface area contributed by atoms with E-state index < -0.39 is 49.2 Å². The molecule has 0 amide bonds. The number of aryl methyl sites for hydroxylation is 1. The third kappa shape index (κ3) is 2.71. The Morgan fingerprint density at radius 3 is 2.54 bits per heavy atom. The van der Waals surface area contributed by atoms with E-state index in [2.05, 4.69) is 38.8 Å². The Morgan fingerprint density at radius 1 is 1.32 bits per heavy atom. The number of H-pyrrole nitrogens is 1. The molecule has 1 aliphatic carbocycles. The molecule has 4 rings (SSSR count).